The van der Waals surface area contributed by atoms with E-state index in [9.17, 15) is 4.79 Å². The Morgan fingerprint density at radius 2 is 2.12 bits per heavy atom. The highest BCUT2D eigenvalue weighted by molar-refractivity contribution is 5.79. The van der Waals surface area contributed by atoms with E-state index >= 15 is 0 Å². The number of carbonyl (C=O) groups excluding carboxylic acids is 1. The van der Waals surface area contributed by atoms with Crippen LogP contribution in [0, 0.1) is 13.8 Å². The predicted octanol–water partition coefficient (Wildman–Crippen LogP) is 3.19. The molecule has 1 unspecified atom stereocenters. The third-order valence-corrected chi connectivity index (χ3v) is 3.06. The summed E-state index contributed by atoms with van der Waals surface area (Å²) >= 11 is 0. The number of ether oxygens (including phenoxy) is 1. The van der Waals surface area contributed by atoms with Crippen molar-refractivity contribution < 1.29 is 9.53 Å². The summed E-state index contributed by atoms with van der Waals surface area (Å²) in [4.78, 5) is 11.3. The number of hydrogen-bond acceptors (Lipinski definition) is 2. The summed E-state index contributed by atoms with van der Waals surface area (Å²) in [6.07, 6.45) is 3.36. The van der Waals surface area contributed by atoms with E-state index < -0.39 is 0 Å². The SMILES string of the molecule is Cc1ccc(OC2CCCC(=O)C2)c(C)c1. The molecule has 0 heterocycles. The van der Waals surface area contributed by atoms with E-state index in [0.717, 1.165) is 30.6 Å². The van der Waals surface area contributed by atoms with Crippen LogP contribution in [0.2, 0.25) is 0 Å². The first-order valence-electron chi connectivity index (χ1n) is 5.91. The number of rotatable bonds is 2. The zero-order valence-corrected chi connectivity index (χ0v) is 9.95. The van der Waals surface area contributed by atoms with Gasteiger partial charge in [0.25, 0.3) is 0 Å². The van der Waals surface area contributed by atoms with Gasteiger partial charge >= 0.3 is 0 Å². The lowest BCUT2D eigenvalue weighted by Gasteiger charge is -2.23. The van der Waals surface area contributed by atoms with Crippen LogP contribution in [0.3, 0.4) is 0 Å². The third kappa shape index (κ3) is 2.63. The summed E-state index contributed by atoms with van der Waals surface area (Å²) in [6, 6.07) is 6.16. The first kappa shape index (κ1) is 11.2. The first-order chi connectivity index (χ1) is 7.65. The molecule has 2 heteroatoms. The van der Waals surface area contributed by atoms with Gasteiger partial charge in [-0.1, -0.05) is 17.7 Å². The fourth-order valence-electron chi connectivity index (χ4n) is 2.20. The van der Waals surface area contributed by atoms with Gasteiger partial charge in [0.1, 0.15) is 17.6 Å². The molecule has 2 rings (SSSR count). The molecule has 0 aromatic heterocycles. The zero-order chi connectivity index (χ0) is 11.5. The summed E-state index contributed by atoms with van der Waals surface area (Å²) < 4.78 is 5.89. The second kappa shape index (κ2) is 4.69. The smallest absolute Gasteiger partial charge is 0.136 e. The first-order valence-corrected chi connectivity index (χ1v) is 5.91. The zero-order valence-electron chi connectivity index (χ0n) is 9.95. The molecule has 86 valence electrons. The maximum Gasteiger partial charge on any atom is 0.136 e. The van der Waals surface area contributed by atoms with E-state index in [1.807, 2.05) is 19.1 Å². The Morgan fingerprint density at radius 3 is 2.81 bits per heavy atom. The molecule has 0 bridgehead atoms. The Bertz CT molecular complexity index is 396. The molecule has 1 aromatic carbocycles. The molecule has 0 radical (unpaired) electrons. The topological polar surface area (TPSA) is 26.3 Å². The molecule has 0 saturated heterocycles. The van der Waals surface area contributed by atoms with Crippen molar-refractivity contribution >= 4 is 5.78 Å². The van der Waals surface area contributed by atoms with Crippen molar-refractivity contribution in [1.29, 1.82) is 0 Å². The average molecular weight is 218 g/mol. The number of hydrogen-bond donors (Lipinski definition) is 0. The van der Waals surface area contributed by atoms with Gasteiger partial charge in [-0.2, -0.15) is 0 Å². The minimum atomic E-state index is 0.0858. The number of carbonyl (C=O) groups is 1. The van der Waals surface area contributed by atoms with Gasteiger partial charge in [0.15, 0.2) is 0 Å². The molecule has 1 fully saturated rings. The van der Waals surface area contributed by atoms with Crippen LogP contribution < -0.4 is 4.74 Å². The van der Waals surface area contributed by atoms with E-state index in [-0.39, 0.29) is 6.10 Å². The number of aryl methyl sites for hydroxylation is 2. The predicted molar refractivity (Wildman–Crippen MR) is 63.8 cm³/mol. The molecule has 1 aliphatic carbocycles. The van der Waals surface area contributed by atoms with Gasteiger partial charge in [-0.25, -0.2) is 0 Å². The Hall–Kier alpha value is -1.31. The fraction of sp³-hybridized carbons (Fsp3) is 0.500. The van der Waals surface area contributed by atoms with Gasteiger partial charge in [0.05, 0.1) is 0 Å². The molecule has 1 aromatic rings. The van der Waals surface area contributed by atoms with Gasteiger partial charge < -0.3 is 4.74 Å². The van der Waals surface area contributed by atoms with Crippen molar-refractivity contribution in [3.05, 3.63) is 29.3 Å². The highest BCUT2D eigenvalue weighted by Crippen LogP contribution is 2.25. The van der Waals surface area contributed by atoms with Crippen LogP contribution in [0.15, 0.2) is 18.2 Å². The van der Waals surface area contributed by atoms with Gasteiger partial charge in [0.2, 0.25) is 0 Å². The number of ketones is 1. The van der Waals surface area contributed by atoms with Gasteiger partial charge in [0, 0.05) is 12.8 Å². The molecule has 0 amide bonds. The second-order valence-corrected chi connectivity index (χ2v) is 4.64. The number of Topliss-reactive ketones (excluding diaryl/α,β-unsaturated/α-hetero) is 1. The molecule has 0 N–H and O–H groups in total. The van der Waals surface area contributed by atoms with Crippen molar-refractivity contribution in [3.8, 4) is 5.75 Å². The Kier molecular flexibility index (Phi) is 3.28. The lowest BCUT2D eigenvalue weighted by atomic mass is 9.96. The van der Waals surface area contributed by atoms with Crippen molar-refractivity contribution in [2.24, 2.45) is 0 Å². The largest absolute Gasteiger partial charge is 0.490 e. The van der Waals surface area contributed by atoms with Crippen LogP contribution in [0.1, 0.15) is 36.8 Å². The lowest BCUT2D eigenvalue weighted by molar-refractivity contribution is -0.122. The van der Waals surface area contributed by atoms with Crippen LogP contribution in [0.5, 0.6) is 5.75 Å². The summed E-state index contributed by atoms with van der Waals surface area (Å²) in [5.41, 5.74) is 2.39. The highest BCUT2D eigenvalue weighted by atomic mass is 16.5. The molecule has 1 aliphatic rings. The molecular formula is C14H18O2. The second-order valence-electron chi connectivity index (χ2n) is 4.64. The normalized spacial score (nSPS) is 20.9. The van der Waals surface area contributed by atoms with Gasteiger partial charge in [-0.3, -0.25) is 4.79 Å². The number of benzene rings is 1. The molecule has 1 saturated carbocycles. The van der Waals surface area contributed by atoms with E-state index in [4.69, 9.17) is 4.74 Å². The quantitative estimate of drug-likeness (QED) is 0.762. The molecule has 2 nitrogen and oxygen atoms in total. The van der Waals surface area contributed by atoms with Crippen molar-refractivity contribution in [2.75, 3.05) is 0 Å². The Morgan fingerprint density at radius 1 is 1.31 bits per heavy atom. The van der Waals surface area contributed by atoms with Crippen LogP contribution in [-0.2, 0) is 4.79 Å². The minimum absolute atomic E-state index is 0.0858. The highest BCUT2D eigenvalue weighted by Gasteiger charge is 2.21. The monoisotopic (exact) mass is 218 g/mol. The summed E-state index contributed by atoms with van der Waals surface area (Å²) in [6.45, 7) is 4.12. The molecule has 16 heavy (non-hydrogen) atoms. The summed E-state index contributed by atoms with van der Waals surface area (Å²) in [5.74, 6) is 1.26. The molecule has 1 atom stereocenters. The van der Waals surface area contributed by atoms with Crippen molar-refractivity contribution in [2.45, 2.75) is 45.6 Å². The minimum Gasteiger partial charge on any atom is -0.490 e. The van der Waals surface area contributed by atoms with Crippen LogP contribution in [0.4, 0.5) is 0 Å². The standard InChI is InChI=1S/C14H18O2/c1-10-6-7-14(11(2)8-10)16-13-5-3-4-12(15)9-13/h6-8,13H,3-5,9H2,1-2H3. The van der Waals surface area contributed by atoms with Gasteiger partial charge in [-0.15, -0.1) is 0 Å². The lowest BCUT2D eigenvalue weighted by Crippen LogP contribution is -2.25. The van der Waals surface area contributed by atoms with E-state index in [1.54, 1.807) is 0 Å². The molecule has 0 aliphatic heterocycles. The average Bonchev–Trinajstić information content (AvgIpc) is 2.22. The van der Waals surface area contributed by atoms with Gasteiger partial charge in [-0.05, 0) is 38.3 Å². The van der Waals surface area contributed by atoms with Crippen molar-refractivity contribution in [3.63, 3.8) is 0 Å². The summed E-state index contributed by atoms with van der Waals surface area (Å²) in [7, 11) is 0. The maximum atomic E-state index is 11.3. The third-order valence-electron chi connectivity index (χ3n) is 3.06. The van der Waals surface area contributed by atoms with Crippen LogP contribution >= 0.6 is 0 Å². The van der Waals surface area contributed by atoms with Crippen molar-refractivity contribution in [1.82, 2.24) is 0 Å². The van der Waals surface area contributed by atoms with Crippen LogP contribution in [0.25, 0.3) is 0 Å². The van der Waals surface area contributed by atoms with E-state index in [2.05, 4.69) is 13.0 Å². The fourth-order valence-corrected chi connectivity index (χ4v) is 2.20. The molecule has 0 spiro atoms. The van der Waals surface area contributed by atoms with E-state index in [0.29, 0.717) is 12.2 Å². The molecular weight excluding hydrogens is 200 g/mol. The Labute approximate surface area is 96.6 Å². The Balaban J connectivity index is 2.05. The van der Waals surface area contributed by atoms with Crippen LogP contribution in [-0.4, -0.2) is 11.9 Å². The van der Waals surface area contributed by atoms with E-state index in [1.165, 1.54) is 5.56 Å². The maximum absolute atomic E-state index is 11.3. The summed E-state index contributed by atoms with van der Waals surface area (Å²) in [5, 5.41) is 0.